The molecule has 4 heteroatoms. The van der Waals surface area contributed by atoms with Gasteiger partial charge in [-0.3, -0.25) is 4.90 Å². The van der Waals surface area contributed by atoms with Crippen molar-refractivity contribution in [3.8, 4) is 0 Å². The highest BCUT2D eigenvalue weighted by Gasteiger charge is 2.17. The molecule has 0 amide bonds. The Morgan fingerprint density at radius 2 is 2.16 bits per heavy atom. The maximum Gasteiger partial charge on any atom is 0.0948 e. The molecular weight excluding hydrogens is 236 g/mol. The van der Waals surface area contributed by atoms with E-state index < -0.39 is 0 Å². The molecule has 19 heavy (non-hydrogen) atoms. The molecule has 108 valence electrons. The Morgan fingerprint density at radius 3 is 2.84 bits per heavy atom. The number of hydrogen-bond donors (Lipinski definition) is 1. The van der Waals surface area contributed by atoms with Crippen molar-refractivity contribution in [3.63, 3.8) is 0 Å². The first-order valence-electron chi connectivity index (χ1n) is 7.75. The van der Waals surface area contributed by atoms with Gasteiger partial charge in [-0.25, -0.2) is 4.98 Å². The number of aryl methyl sites for hydroxylation is 1. The Bertz CT molecular complexity index is 355. The van der Waals surface area contributed by atoms with Crippen molar-refractivity contribution in [1.82, 2.24) is 19.8 Å². The summed E-state index contributed by atoms with van der Waals surface area (Å²) < 4.78 is 2.26. The van der Waals surface area contributed by atoms with Gasteiger partial charge < -0.3 is 9.88 Å². The SMILES string of the molecule is CCCN(Cc1cncn1CC)CC1CCNCC1. The van der Waals surface area contributed by atoms with E-state index in [-0.39, 0.29) is 0 Å². The average molecular weight is 264 g/mol. The Morgan fingerprint density at radius 1 is 1.37 bits per heavy atom. The fourth-order valence-electron chi connectivity index (χ4n) is 2.97. The molecular formula is C15H28N4. The molecule has 4 nitrogen and oxygen atoms in total. The molecule has 0 aliphatic carbocycles. The molecule has 0 unspecified atom stereocenters. The van der Waals surface area contributed by atoms with Gasteiger partial charge in [-0.2, -0.15) is 0 Å². The number of aromatic nitrogens is 2. The van der Waals surface area contributed by atoms with Gasteiger partial charge in [0, 0.05) is 25.8 Å². The first-order valence-corrected chi connectivity index (χ1v) is 7.75. The predicted octanol–water partition coefficient (Wildman–Crippen LogP) is 2.11. The van der Waals surface area contributed by atoms with Crippen LogP contribution in [0.3, 0.4) is 0 Å². The fourth-order valence-corrected chi connectivity index (χ4v) is 2.97. The monoisotopic (exact) mass is 264 g/mol. The molecule has 1 saturated heterocycles. The average Bonchev–Trinajstić information content (AvgIpc) is 2.87. The quantitative estimate of drug-likeness (QED) is 0.819. The van der Waals surface area contributed by atoms with Crippen LogP contribution in [0.25, 0.3) is 0 Å². The lowest BCUT2D eigenvalue weighted by Crippen LogP contribution is -2.36. The van der Waals surface area contributed by atoms with Crippen molar-refractivity contribution >= 4 is 0 Å². The Hall–Kier alpha value is -0.870. The van der Waals surface area contributed by atoms with Crippen LogP contribution in [0.5, 0.6) is 0 Å². The standard InChI is InChI=1S/C15H28N4/c1-3-9-18(11-14-5-7-16-8-6-14)12-15-10-17-13-19(15)4-2/h10,13-14,16H,3-9,11-12H2,1-2H3. The molecule has 1 N–H and O–H groups in total. The number of piperidine rings is 1. The summed E-state index contributed by atoms with van der Waals surface area (Å²) in [5.41, 5.74) is 1.35. The van der Waals surface area contributed by atoms with Gasteiger partial charge in [0.15, 0.2) is 0 Å². The van der Waals surface area contributed by atoms with Crippen LogP contribution in [0.2, 0.25) is 0 Å². The molecule has 0 radical (unpaired) electrons. The van der Waals surface area contributed by atoms with Gasteiger partial charge in [0.2, 0.25) is 0 Å². The van der Waals surface area contributed by atoms with E-state index in [1.807, 2.05) is 12.5 Å². The van der Waals surface area contributed by atoms with E-state index >= 15 is 0 Å². The smallest absolute Gasteiger partial charge is 0.0948 e. The molecule has 1 aromatic heterocycles. The third-order valence-corrected chi connectivity index (χ3v) is 4.04. The minimum Gasteiger partial charge on any atom is -0.334 e. The lowest BCUT2D eigenvalue weighted by molar-refractivity contribution is 0.195. The number of nitrogens with one attached hydrogen (secondary N) is 1. The van der Waals surface area contributed by atoms with Crippen LogP contribution in [0.15, 0.2) is 12.5 Å². The predicted molar refractivity (Wildman–Crippen MR) is 79.1 cm³/mol. The summed E-state index contributed by atoms with van der Waals surface area (Å²) in [5.74, 6) is 0.866. The van der Waals surface area contributed by atoms with E-state index in [1.54, 1.807) is 0 Å². The van der Waals surface area contributed by atoms with Crippen LogP contribution in [-0.4, -0.2) is 40.6 Å². The number of imidazole rings is 1. The molecule has 1 aliphatic heterocycles. The van der Waals surface area contributed by atoms with Crippen LogP contribution >= 0.6 is 0 Å². The van der Waals surface area contributed by atoms with E-state index in [0.29, 0.717) is 0 Å². The van der Waals surface area contributed by atoms with E-state index in [9.17, 15) is 0 Å². The van der Waals surface area contributed by atoms with E-state index in [0.717, 1.165) is 19.0 Å². The van der Waals surface area contributed by atoms with Gasteiger partial charge in [0.1, 0.15) is 0 Å². The third-order valence-electron chi connectivity index (χ3n) is 4.04. The van der Waals surface area contributed by atoms with Crippen molar-refractivity contribution in [2.75, 3.05) is 26.2 Å². The Kier molecular flexibility index (Phi) is 5.86. The summed E-state index contributed by atoms with van der Waals surface area (Å²) in [6.45, 7) is 11.3. The zero-order valence-electron chi connectivity index (χ0n) is 12.4. The van der Waals surface area contributed by atoms with Crippen molar-refractivity contribution < 1.29 is 0 Å². The van der Waals surface area contributed by atoms with Crippen molar-refractivity contribution in [1.29, 1.82) is 0 Å². The highest BCUT2D eigenvalue weighted by atomic mass is 15.2. The summed E-state index contributed by atoms with van der Waals surface area (Å²) in [5, 5.41) is 3.45. The molecule has 0 saturated carbocycles. The number of hydrogen-bond acceptors (Lipinski definition) is 3. The minimum absolute atomic E-state index is 0.866. The molecule has 0 atom stereocenters. The van der Waals surface area contributed by atoms with Crippen molar-refractivity contribution in [2.45, 2.75) is 46.2 Å². The summed E-state index contributed by atoms with van der Waals surface area (Å²) >= 11 is 0. The summed E-state index contributed by atoms with van der Waals surface area (Å²) in [4.78, 5) is 6.89. The zero-order valence-corrected chi connectivity index (χ0v) is 12.4. The molecule has 1 aliphatic rings. The van der Waals surface area contributed by atoms with Gasteiger partial charge in [-0.1, -0.05) is 6.92 Å². The first-order chi connectivity index (χ1) is 9.33. The second-order valence-corrected chi connectivity index (χ2v) is 5.60. The molecule has 2 rings (SSSR count). The summed E-state index contributed by atoms with van der Waals surface area (Å²) in [7, 11) is 0. The first kappa shape index (κ1) is 14.5. The summed E-state index contributed by atoms with van der Waals surface area (Å²) in [6.07, 6.45) is 7.85. The fraction of sp³-hybridized carbons (Fsp3) is 0.800. The molecule has 0 bridgehead atoms. The molecule has 1 aromatic rings. The van der Waals surface area contributed by atoms with Crippen LogP contribution in [-0.2, 0) is 13.1 Å². The highest BCUT2D eigenvalue weighted by molar-refractivity contribution is 4.98. The lowest BCUT2D eigenvalue weighted by Gasteiger charge is -2.30. The number of nitrogens with zero attached hydrogens (tertiary/aromatic N) is 3. The Labute approximate surface area is 117 Å². The van der Waals surface area contributed by atoms with E-state index in [1.165, 1.54) is 51.1 Å². The molecule has 0 aromatic carbocycles. The molecule has 0 spiro atoms. The van der Waals surface area contributed by atoms with Gasteiger partial charge in [0.05, 0.1) is 12.0 Å². The van der Waals surface area contributed by atoms with Gasteiger partial charge in [0.25, 0.3) is 0 Å². The van der Waals surface area contributed by atoms with Gasteiger partial charge >= 0.3 is 0 Å². The van der Waals surface area contributed by atoms with Crippen LogP contribution in [0.1, 0.15) is 38.8 Å². The van der Waals surface area contributed by atoms with Crippen LogP contribution in [0.4, 0.5) is 0 Å². The normalized spacial score (nSPS) is 17.2. The largest absolute Gasteiger partial charge is 0.334 e. The topological polar surface area (TPSA) is 33.1 Å². The second-order valence-electron chi connectivity index (χ2n) is 5.60. The van der Waals surface area contributed by atoms with Gasteiger partial charge in [-0.15, -0.1) is 0 Å². The summed E-state index contributed by atoms with van der Waals surface area (Å²) in [6, 6.07) is 0. The second kappa shape index (κ2) is 7.65. The highest BCUT2D eigenvalue weighted by Crippen LogP contribution is 2.15. The lowest BCUT2D eigenvalue weighted by atomic mass is 9.97. The molecule has 2 heterocycles. The third kappa shape index (κ3) is 4.32. The van der Waals surface area contributed by atoms with Crippen molar-refractivity contribution in [3.05, 3.63) is 18.2 Å². The Balaban J connectivity index is 1.91. The van der Waals surface area contributed by atoms with E-state index in [2.05, 4.69) is 33.6 Å². The van der Waals surface area contributed by atoms with Crippen molar-refractivity contribution in [2.24, 2.45) is 5.92 Å². The minimum atomic E-state index is 0.866. The maximum absolute atomic E-state index is 4.28. The molecule has 1 fully saturated rings. The van der Waals surface area contributed by atoms with Crippen LogP contribution in [0, 0.1) is 5.92 Å². The van der Waals surface area contributed by atoms with E-state index in [4.69, 9.17) is 0 Å². The zero-order chi connectivity index (χ0) is 13.5. The maximum atomic E-state index is 4.28. The van der Waals surface area contributed by atoms with Crippen LogP contribution < -0.4 is 5.32 Å². The van der Waals surface area contributed by atoms with Gasteiger partial charge in [-0.05, 0) is 51.7 Å². The number of rotatable bonds is 7.